The van der Waals surface area contributed by atoms with E-state index in [1.165, 1.54) is 0 Å². The Morgan fingerprint density at radius 1 is 0.444 bits per heavy atom. The van der Waals surface area contributed by atoms with Crippen LogP contribution in [0.1, 0.15) is 0 Å². The Bertz CT molecular complexity index is 211. The van der Waals surface area contributed by atoms with E-state index in [1.54, 1.807) is 0 Å². The molecule has 0 aromatic rings. The van der Waals surface area contributed by atoms with Gasteiger partial charge in [-0.25, -0.2) is 0 Å². The molecule has 0 aromatic carbocycles. The average Bonchev–Trinajstić information content (AvgIpc) is 1.41. The van der Waals surface area contributed by atoms with Crippen LogP contribution in [0.2, 0.25) is 0 Å². The predicted molar refractivity (Wildman–Crippen MR) is 22.8 cm³/mol. The molecule has 0 bridgehead atoms. The number of hydrogen-bond donors (Lipinski definition) is 0. The fourth-order valence-corrected chi connectivity index (χ4v) is 0. The van der Waals surface area contributed by atoms with E-state index < -0.39 is 23.5 Å². The Morgan fingerprint density at radius 2 is 0.444 bits per heavy atom. The van der Waals surface area contributed by atoms with Gasteiger partial charge in [-0.05, 0) is 0 Å². The molecule has 18 heavy (non-hydrogen) atoms. The Hall–Kier alpha value is 3.73. The van der Waals surface area contributed by atoms with E-state index in [1.807, 2.05) is 0 Å². The van der Waals surface area contributed by atoms with E-state index in [4.69, 9.17) is 57.7 Å². The first-order chi connectivity index (χ1) is 6.00. The summed E-state index contributed by atoms with van der Waals surface area (Å²) in [6.45, 7) is 0. The third-order valence-corrected chi connectivity index (χ3v) is 0. The second-order valence-corrected chi connectivity index (χ2v) is 4.02. The smallest absolute Gasteiger partial charge is 0.822 e. The molecule has 0 aromatic heterocycles. The first kappa shape index (κ1) is 37.7. The molecule has 96 valence electrons. The fourth-order valence-electron chi connectivity index (χ4n) is 0. The normalized spacial score (nSPS) is 9.83. The van der Waals surface area contributed by atoms with Gasteiger partial charge in [-0.15, -0.1) is 0 Å². The predicted octanol–water partition coefficient (Wildman–Crippen LogP) is -11.5. The maximum Gasteiger partial charge on any atom is 4.00 e. The molecule has 0 rings (SSSR count). The summed E-state index contributed by atoms with van der Waals surface area (Å²) in [4.78, 5) is 76.9. The van der Waals surface area contributed by atoms with Crippen molar-refractivity contribution in [3.05, 3.63) is 0 Å². The topological polar surface area (TPSA) is 259 Å². The molecule has 0 radical (unpaired) electrons. The zero-order valence-electron chi connectivity index (χ0n) is 8.24. The van der Waals surface area contributed by atoms with Crippen LogP contribution in [0, 0.1) is 0 Å². The van der Waals surface area contributed by atoms with Gasteiger partial charge in [0.2, 0.25) is 0 Å². The van der Waals surface area contributed by atoms with Crippen molar-refractivity contribution in [3.8, 4) is 0 Å². The molecule has 12 nitrogen and oxygen atoms in total. The van der Waals surface area contributed by atoms with Gasteiger partial charge in [0, 0.05) is 0 Å². The van der Waals surface area contributed by atoms with E-state index >= 15 is 0 Å². The third-order valence-electron chi connectivity index (χ3n) is 0. The first-order valence-corrected chi connectivity index (χ1v) is 6.57. The molecule has 0 aliphatic rings. The van der Waals surface area contributed by atoms with Crippen LogP contribution >= 0.6 is 23.5 Å². The number of phosphoric acid groups is 3. The molecule has 0 saturated heterocycles. The molecule has 0 heterocycles. The number of hydrogen-bond acceptors (Lipinski definition) is 12. The number of rotatable bonds is 0. The largest absolute Gasteiger partial charge is 4.00 e. The standard InChI is InChI=1S/K.3H3O4P.2Zr/c;3*1-5(2,3)4;;/h;3*(H3,1,2,3,4);;/q+1;;;;2*+4/p-9. The summed E-state index contributed by atoms with van der Waals surface area (Å²) in [6, 6.07) is 0. The van der Waals surface area contributed by atoms with Crippen molar-refractivity contribution in [2.24, 2.45) is 0 Å². The quantitative estimate of drug-likeness (QED) is 0.219. The van der Waals surface area contributed by atoms with Crippen LogP contribution in [0.3, 0.4) is 0 Å². The van der Waals surface area contributed by atoms with Crippen molar-refractivity contribution in [3.63, 3.8) is 0 Å². The zero-order valence-corrected chi connectivity index (χ0v) is 19.0. The van der Waals surface area contributed by atoms with E-state index in [9.17, 15) is 0 Å². The monoisotopic (exact) mass is 504 g/mol. The van der Waals surface area contributed by atoms with Gasteiger partial charge in [0.25, 0.3) is 0 Å². The van der Waals surface area contributed by atoms with E-state index in [0.29, 0.717) is 0 Å². The van der Waals surface area contributed by atoms with Crippen molar-refractivity contribution in [1.29, 1.82) is 0 Å². The maximum absolute atomic E-state index is 8.55. The van der Waals surface area contributed by atoms with Crippen molar-refractivity contribution < 1.29 is 162 Å². The molecule has 0 N–H and O–H groups in total. The fraction of sp³-hybridized carbons (Fsp3) is 0. The summed E-state index contributed by atoms with van der Waals surface area (Å²) >= 11 is 0. The zero-order chi connectivity index (χ0) is 13.5. The molecule has 0 aliphatic carbocycles. The minimum absolute atomic E-state index is 0. The van der Waals surface area contributed by atoms with Crippen LogP contribution < -0.4 is 95.4 Å². The van der Waals surface area contributed by atoms with Crippen LogP contribution in [0.15, 0.2) is 0 Å². The van der Waals surface area contributed by atoms with Crippen molar-refractivity contribution in [2.75, 3.05) is 0 Å². The van der Waals surface area contributed by atoms with Gasteiger partial charge in [-0.2, -0.15) is 23.5 Å². The van der Waals surface area contributed by atoms with E-state index in [2.05, 4.69) is 0 Å². The molecule has 0 saturated carbocycles. The van der Waals surface area contributed by atoms with Gasteiger partial charge in [0.05, 0.1) is 0 Å². The minimum atomic E-state index is -5.39. The molecular formula is KO12P3Zr2. The molecule has 0 amide bonds. The summed E-state index contributed by atoms with van der Waals surface area (Å²) in [5, 5.41) is 0. The molecule has 0 unspecified atom stereocenters. The molecule has 0 fully saturated rings. The molecule has 0 atom stereocenters. The molecule has 0 aliphatic heterocycles. The Balaban J connectivity index is -0.0000000277. The summed E-state index contributed by atoms with van der Waals surface area (Å²) < 4.78 is 25.6. The van der Waals surface area contributed by atoms with Crippen molar-refractivity contribution >= 4 is 23.5 Å². The maximum atomic E-state index is 8.55. The Labute approximate surface area is 182 Å². The summed E-state index contributed by atoms with van der Waals surface area (Å²) in [6.07, 6.45) is 0. The third kappa shape index (κ3) is 497. The molecular weight excluding hydrogens is 506 g/mol. The van der Waals surface area contributed by atoms with Gasteiger partial charge < -0.3 is 57.7 Å². The molecule has 18 heteroatoms. The summed E-state index contributed by atoms with van der Waals surface area (Å²) in [5.74, 6) is 0. The van der Waals surface area contributed by atoms with E-state index in [-0.39, 0.29) is 104 Å². The average molecular weight is 506 g/mol. The Morgan fingerprint density at radius 3 is 0.444 bits per heavy atom. The van der Waals surface area contributed by atoms with Crippen molar-refractivity contribution in [1.82, 2.24) is 0 Å². The van der Waals surface area contributed by atoms with Gasteiger partial charge >= 0.3 is 104 Å². The minimum Gasteiger partial charge on any atom is -0.822 e. The van der Waals surface area contributed by atoms with Crippen LogP contribution in [0.25, 0.3) is 0 Å². The van der Waals surface area contributed by atoms with Crippen LogP contribution in [0.5, 0.6) is 0 Å². The van der Waals surface area contributed by atoms with E-state index in [0.717, 1.165) is 0 Å². The van der Waals surface area contributed by atoms with Crippen LogP contribution in [0.4, 0.5) is 0 Å². The van der Waals surface area contributed by atoms with Gasteiger partial charge in [-0.3, -0.25) is 0 Å². The van der Waals surface area contributed by atoms with Gasteiger partial charge in [-0.1, -0.05) is 0 Å². The SMILES string of the molecule is O=P([O-])([O-])[O-].O=P([O-])([O-])[O-].O=P([O-])([O-])[O-].[K+].[Zr+4].[Zr+4]. The van der Waals surface area contributed by atoms with Gasteiger partial charge in [0.15, 0.2) is 0 Å². The Kier molecular flexibility index (Phi) is 35.8. The summed E-state index contributed by atoms with van der Waals surface area (Å²) in [5.41, 5.74) is 0. The van der Waals surface area contributed by atoms with Crippen LogP contribution in [-0.2, 0) is 66.1 Å². The second kappa shape index (κ2) is 17.1. The summed E-state index contributed by atoms with van der Waals surface area (Å²) in [7, 11) is -16.2. The van der Waals surface area contributed by atoms with Crippen LogP contribution in [-0.4, -0.2) is 0 Å². The van der Waals surface area contributed by atoms with Crippen molar-refractivity contribution in [2.45, 2.75) is 0 Å². The second-order valence-electron chi connectivity index (χ2n) is 1.34. The first-order valence-electron chi connectivity index (χ1n) is 2.19. The molecule has 0 spiro atoms. The van der Waals surface area contributed by atoms with Gasteiger partial charge in [0.1, 0.15) is 0 Å².